The molecule has 2 aliphatic heterocycles. The highest BCUT2D eigenvalue weighted by molar-refractivity contribution is 5.86. The van der Waals surface area contributed by atoms with Gasteiger partial charge < -0.3 is 20.2 Å². The molecule has 0 saturated carbocycles. The largest absolute Gasteiger partial charge is 0.379 e. The van der Waals surface area contributed by atoms with Gasteiger partial charge in [-0.05, 0) is 55.8 Å². The molecule has 0 spiro atoms. The highest BCUT2D eigenvalue weighted by Gasteiger charge is 2.41. The van der Waals surface area contributed by atoms with Crippen molar-refractivity contribution in [1.82, 2.24) is 15.1 Å². The van der Waals surface area contributed by atoms with Crippen LogP contribution in [0.3, 0.4) is 0 Å². The Kier molecular flexibility index (Phi) is 6.90. The minimum Gasteiger partial charge on any atom is -0.379 e. The predicted molar refractivity (Wildman–Crippen MR) is 109 cm³/mol. The van der Waals surface area contributed by atoms with Crippen LogP contribution in [-0.2, 0) is 11.3 Å². The fourth-order valence-electron chi connectivity index (χ4n) is 4.15. The third kappa shape index (κ3) is 5.31. The molecule has 0 aliphatic carbocycles. The van der Waals surface area contributed by atoms with Crippen molar-refractivity contribution in [1.29, 1.82) is 0 Å². The molecule has 1 unspecified atom stereocenters. The Balaban J connectivity index is 1.50. The molecular weight excluding hydrogens is 338 g/mol. The summed E-state index contributed by atoms with van der Waals surface area (Å²) in [5.41, 5.74) is 1.17. The van der Waals surface area contributed by atoms with Gasteiger partial charge in [0.1, 0.15) is 0 Å². The van der Waals surface area contributed by atoms with Gasteiger partial charge in [0.2, 0.25) is 0 Å². The maximum absolute atomic E-state index is 12.9. The molecular formula is C22H35N3O2. The SMILES string of the molecule is CC(C)c1ccc(CN2CCCC(O)(CNCCN3CCCC3)C2=O)cc1. The van der Waals surface area contributed by atoms with Crippen LogP contribution in [0.1, 0.15) is 56.6 Å². The number of carbonyl (C=O) groups is 1. The smallest absolute Gasteiger partial charge is 0.256 e. The molecule has 1 amide bonds. The van der Waals surface area contributed by atoms with Crippen molar-refractivity contribution in [3.8, 4) is 0 Å². The van der Waals surface area contributed by atoms with Crippen molar-refractivity contribution in [2.24, 2.45) is 0 Å². The lowest BCUT2D eigenvalue weighted by Gasteiger charge is -2.38. The van der Waals surface area contributed by atoms with Crippen molar-refractivity contribution < 1.29 is 9.90 Å². The van der Waals surface area contributed by atoms with Gasteiger partial charge in [0.25, 0.3) is 5.91 Å². The number of likely N-dealkylation sites (tertiary alicyclic amines) is 2. The van der Waals surface area contributed by atoms with Gasteiger partial charge in [0.15, 0.2) is 5.60 Å². The minimum absolute atomic E-state index is 0.129. The van der Waals surface area contributed by atoms with Crippen molar-refractivity contribution in [3.05, 3.63) is 35.4 Å². The molecule has 0 aromatic heterocycles. The summed E-state index contributed by atoms with van der Waals surface area (Å²) < 4.78 is 0. The van der Waals surface area contributed by atoms with Crippen molar-refractivity contribution in [2.45, 2.75) is 57.6 Å². The first-order chi connectivity index (χ1) is 13.0. The number of amides is 1. The molecule has 27 heavy (non-hydrogen) atoms. The molecule has 1 aromatic carbocycles. The average molecular weight is 374 g/mol. The molecule has 2 saturated heterocycles. The van der Waals surface area contributed by atoms with E-state index >= 15 is 0 Å². The third-order valence-electron chi connectivity index (χ3n) is 5.94. The highest BCUT2D eigenvalue weighted by Crippen LogP contribution is 2.24. The predicted octanol–water partition coefficient (Wildman–Crippen LogP) is 2.35. The van der Waals surface area contributed by atoms with E-state index < -0.39 is 5.60 Å². The first kappa shape index (κ1) is 20.3. The second kappa shape index (κ2) is 9.18. The van der Waals surface area contributed by atoms with E-state index in [1.807, 2.05) is 4.90 Å². The van der Waals surface area contributed by atoms with Crippen LogP contribution in [0.4, 0.5) is 0 Å². The van der Waals surface area contributed by atoms with Crippen LogP contribution >= 0.6 is 0 Å². The Morgan fingerprint density at radius 1 is 1.11 bits per heavy atom. The van der Waals surface area contributed by atoms with Crippen LogP contribution in [0.2, 0.25) is 0 Å². The molecule has 1 aromatic rings. The van der Waals surface area contributed by atoms with Gasteiger partial charge in [-0.2, -0.15) is 0 Å². The lowest BCUT2D eigenvalue weighted by molar-refractivity contribution is -0.157. The summed E-state index contributed by atoms with van der Waals surface area (Å²) in [6, 6.07) is 8.48. The summed E-state index contributed by atoms with van der Waals surface area (Å²) in [5.74, 6) is 0.378. The lowest BCUT2D eigenvalue weighted by atomic mass is 9.91. The summed E-state index contributed by atoms with van der Waals surface area (Å²) in [6.45, 7) is 10.2. The van der Waals surface area contributed by atoms with Gasteiger partial charge in [-0.25, -0.2) is 0 Å². The van der Waals surface area contributed by atoms with Gasteiger partial charge in [-0.15, -0.1) is 0 Å². The first-order valence-corrected chi connectivity index (χ1v) is 10.5. The molecule has 1 atom stereocenters. The number of benzene rings is 1. The van der Waals surface area contributed by atoms with Gasteiger partial charge >= 0.3 is 0 Å². The van der Waals surface area contributed by atoms with E-state index in [1.54, 1.807) is 0 Å². The molecule has 5 heteroatoms. The normalized spacial score (nSPS) is 24.1. The summed E-state index contributed by atoms with van der Waals surface area (Å²) in [5, 5.41) is 14.2. The Labute approximate surface area is 163 Å². The quantitative estimate of drug-likeness (QED) is 0.687. The summed E-state index contributed by atoms with van der Waals surface area (Å²) in [7, 11) is 0. The number of nitrogens with one attached hydrogen (secondary N) is 1. The van der Waals surface area contributed by atoms with E-state index in [4.69, 9.17) is 0 Å². The van der Waals surface area contributed by atoms with E-state index in [0.717, 1.165) is 31.6 Å². The van der Waals surface area contributed by atoms with E-state index in [1.165, 1.54) is 31.5 Å². The van der Waals surface area contributed by atoms with E-state index in [-0.39, 0.29) is 5.91 Å². The van der Waals surface area contributed by atoms with Crippen LogP contribution in [0.25, 0.3) is 0 Å². The van der Waals surface area contributed by atoms with E-state index in [0.29, 0.717) is 25.4 Å². The Morgan fingerprint density at radius 3 is 2.48 bits per heavy atom. The first-order valence-electron chi connectivity index (χ1n) is 10.5. The van der Waals surface area contributed by atoms with Crippen LogP contribution in [-0.4, -0.2) is 65.7 Å². The Bertz CT molecular complexity index is 610. The fraction of sp³-hybridized carbons (Fsp3) is 0.682. The maximum Gasteiger partial charge on any atom is 0.256 e. The van der Waals surface area contributed by atoms with Gasteiger partial charge in [-0.1, -0.05) is 38.1 Å². The second-order valence-electron chi connectivity index (χ2n) is 8.48. The number of carbonyl (C=O) groups excluding carboxylic acids is 1. The van der Waals surface area contributed by atoms with Crippen molar-refractivity contribution >= 4 is 5.91 Å². The number of piperidine rings is 1. The second-order valence-corrected chi connectivity index (χ2v) is 8.48. The maximum atomic E-state index is 12.9. The lowest BCUT2D eigenvalue weighted by Crippen LogP contribution is -2.58. The standard InChI is InChI=1S/C22H35N3O2/c1-18(2)20-8-6-19(7-9-20)16-25-14-5-10-22(27,21(25)26)17-23-11-15-24-12-3-4-13-24/h6-9,18,23,27H,3-5,10-17H2,1-2H3. The van der Waals surface area contributed by atoms with Gasteiger partial charge in [0, 0.05) is 32.7 Å². The monoisotopic (exact) mass is 373 g/mol. The molecule has 2 fully saturated rings. The molecule has 2 aliphatic rings. The van der Waals surface area contributed by atoms with Crippen LogP contribution in [0.15, 0.2) is 24.3 Å². The summed E-state index contributed by atoms with van der Waals surface area (Å²) in [6.07, 6.45) is 3.97. The zero-order valence-electron chi connectivity index (χ0n) is 16.9. The number of nitrogens with zero attached hydrogens (tertiary/aromatic N) is 2. The topological polar surface area (TPSA) is 55.8 Å². The van der Waals surface area contributed by atoms with E-state index in [9.17, 15) is 9.90 Å². The molecule has 2 N–H and O–H groups in total. The highest BCUT2D eigenvalue weighted by atomic mass is 16.3. The van der Waals surface area contributed by atoms with Crippen molar-refractivity contribution in [3.63, 3.8) is 0 Å². The molecule has 3 rings (SSSR count). The molecule has 0 bridgehead atoms. The zero-order valence-corrected chi connectivity index (χ0v) is 16.9. The number of hydrogen-bond acceptors (Lipinski definition) is 4. The minimum atomic E-state index is -1.26. The van der Waals surface area contributed by atoms with Crippen LogP contribution < -0.4 is 5.32 Å². The van der Waals surface area contributed by atoms with Crippen LogP contribution in [0.5, 0.6) is 0 Å². The number of rotatable bonds is 8. The molecule has 5 nitrogen and oxygen atoms in total. The van der Waals surface area contributed by atoms with Crippen LogP contribution in [0, 0.1) is 0 Å². The fourth-order valence-corrected chi connectivity index (χ4v) is 4.15. The number of hydrogen-bond donors (Lipinski definition) is 2. The van der Waals surface area contributed by atoms with Gasteiger partial charge in [-0.3, -0.25) is 4.79 Å². The molecule has 150 valence electrons. The van der Waals surface area contributed by atoms with E-state index in [2.05, 4.69) is 48.3 Å². The zero-order chi connectivity index (χ0) is 19.3. The molecule has 0 radical (unpaired) electrons. The molecule has 2 heterocycles. The third-order valence-corrected chi connectivity index (χ3v) is 5.94. The average Bonchev–Trinajstić information content (AvgIpc) is 3.17. The Morgan fingerprint density at radius 2 is 1.81 bits per heavy atom. The Hall–Kier alpha value is -1.43. The summed E-state index contributed by atoms with van der Waals surface area (Å²) in [4.78, 5) is 17.2. The van der Waals surface area contributed by atoms with Gasteiger partial charge in [0.05, 0.1) is 0 Å². The summed E-state index contributed by atoms with van der Waals surface area (Å²) >= 11 is 0. The van der Waals surface area contributed by atoms with Crippen molar-refractivity contribution in [2.75, 3.05) is 39.3 Å². The number of aliphatic hydroxyl groups is 1.